The van der Waals surface area contributed by atoms with Gasteiger partial charge in [0.2, 0.25) is 5.91 Å². The number of amides is 1. The minimum absolute atomic E-state index is 0.00947. The van der Waals surface area contributed by atoms with Gasteiger partial charge in [-0.2, -0.15) is 0 Å². The molecule has 3 rings (SSSR count). The number of rotatable bonds is 9. The summed E-state index contributed by atoms with van der Waals surface area (Å²) in [4.78, 5) is 20.5. The van der Waals surface area contributed by atoms with E-state index in [0.29, 0.717) is 13.0 Å². The summed E-state index contributed by atoms with van der Waals surface area (Å²) in [7, 11) is 0. The topological polar surface area (TPSA) is 64.1 Å². The van der Waals surface area contributed by atoms with E-state index in [2.05, 4.69) is 15.3 Å². The Bertz CT molecular complexity index is 626. The zero-order valence-corrected chi connectivity index (χ0v) is 13.8. The van der Waals surface area contributed by atoms with Gasteiger partial charge in [0.25, 0.3) is 0 Å². The molecule has 6 heteroatoms. The molecule has 0 spiro atoms. The van der Waals surface area contributed by atoms with Crippen molar-refractivity contribution in [3.05, 3.63) is 35.6 Å². The van der Waals surface area contributed by atoms with Crippen molar-refractivity contribution in [2.24, 2.45) is 5.92 Å². The van der Waals surface area contributed by atoms with Crippen molar-refractivity contribution < 1.29 is 9.53 Å². The number of pyridine rings is 1. The Morgan fingerprint density at radius 1 is 1.43 bits per heavy atom. The van der Waals surface area contributed by atoms with E-state index in [-0.39, 0.29) is 5.91 Å². The third-order valence-electron chi connectivity index (χ3n) is 3.64. The highest BCUT2D eigenvalue weighted by Gasteiger charge is 2.20. The van der Waals surface area contributed by atoms with E-state index in [1.54, 1.807) is 12.4 Å². The molecule has 1 saturated carbocycles. The Labute approximate surface area is 140 Å². The smallest absolute Gasteiger partial charge is 0.226 e. The van der Waals surface area contributed by atoms with Crippen LogP contribution in [0.4, 0.5) is 0 Å². The fraction of sp³-hybridized carbons (Fsp3) is 0.471. The van der Waals surface area contributed by atoms with Crippen LogP contribution in [-0.2, 0) is 16.0 Å². The molecule has 1 N–H and O–H groups in total. The van der Waals surface area contributed by atoms with Crippen LogP contribution in [0.3, 0.4) is 0 Å². The highest BCUT2D eigenvalue weighted by molar-refractivity contribution is 7.13. The highest BCUT2D eigenvalue weighted by atomic mass is 32.1. The summed E-state index contributed by atoms with van der Waals surface area (Å²) in [6.07, 6.45) is 7.32. The summed E-state index contributed by atoms with van der Waals surface area (Å²) in [5.41, 5.74) is 1.79. The Balaban J connectivity index is 1.35. The molecule has 1 amide bonds. The van der Waals surface area contributed by atoms with Gasteiger partial charge in [-0.05, 0) is 37.3 Å². The fourth-order valence-corrected chi connectivity index (χ4v) is 2.98. The number of nitrogens with one attached hydrogen (secondary N) is 1. The zero-order valence-electron chi connectivity index (χ0n) is 13.0. The maximum atomic E-state index is 11.9. The van der Waals surface area contributed by atoms with Crippen LogP contribution in [0.1, 0.15) is 25.0 Å². The van der Waals surface area contributed by atoms with E-state index in [9.17, 15) is 4.79 Å². The summed E-state index contributed by atoms with van der Waals surface area (Å²) in [6, 6.07) is 3.85. The second-order valence-corrected chi connectivity index (χ2v) is 6.64. The molecule has 0 unspecified atom stereocenters. The van der Waals surface area contributed by atoms with Gasteiger partial charge in [-0.15, -0.1) is 11.3 Å². The Morgan fingerprint density at radius 3 is 3.13 bits per heavy atom. The van der Waals surface area contributed by atoms with Crippen molar-refractivity contribution in [3.63, 3.8) is 0 Å². The molecule has 1 aliphatic carbocycles. The summed E-state index contributed by atoms with van der Waals surface area (Å²) >= 11 is 1.54. The molecule has 0 atom stereocenters. The Kier molecular flexibility index (Phi) is 5.71. The molecule has 2 aromatic rings. The van der Waals surface area contributed by atoms with Crippen molar-refractivity contribution in [3.8, 4) is 10.6 Å². The van der Waals surface area contributed by atoms with E-state index in [0.717, 1.165) is 41.8 Å². The number of carbonyl (C=O) groups is 1. The van der Waals surface area contributed by atoms with Crippen LogP contribution in [0.25, 0.3) is 10.6 Å². The van der Waals surface area contributed by atoms with Gasteiger partial charge < -0.3 is 10.1 Å². The standard InChI is InChI=1S/C17H21N3O2S/c21-16(19-7-2-8-22-11-13-4-5-13)9-15-12-23-17(20-15)14-3-1-6-18-10-14/h1,3,6,10,12-13H,2,4-5,7-9,11H2,(H,19,21). The second kappa shape index (κ2) is 8.17. The molecule has 23 heavy (non-hydrogen) atoms. The zero-order chi connectivity index (χ0) is 15.9. The quantitative estimate of drug-likeness (QED) is 0.718. The largest absolute Gasteiger partial charge is 0.381 e. The number of nitrogens with zero attached hydrogens (tertiary/aromatic N) is 2. The van der Waals surface area contributed by atoms with Crippen LogP contribution in [0, 0.1) is 5.92 Å². The van der Waals surface area contributed by atoms with Crippen molar-refractivity contribution >= 4 is 17.2 Å². The molecular weight excluding hydrogens is 310 g/mol. The minimum atomic E-state index is 0.00947. The van der Waals surface area contributed by atoms with Gasteiger partial charge in [-0.3, -0.25) is 9.78 Å². The van der Waals surface area contributed by atoms with Crippen molar-refractivity contribution in [2.45, 2.75) is 25.7 Å². The number of thiazole rings is 1. The average molecular weight is 331 g/mol. The van der Waals surface area contributed by atoms with Crippen LogP contribution in [0.2, 0.25) is 0 Å². The Hall–Kier alpha value is -1.79. The van der Waals surface area contributed by atoms with Crippen LogP contribution in [0.15, 0.2) is 29.9 Å². The third-order valence-corrected chi connectivity index (χ3v) is 4.58. The predicted octanol–water partition coefficient (Wildman–Crippen LogP) is 2.68. The van der Waals surface area contributed by atoms with Gasteiger partial charge in [-0.25, -0.2) is 4.98 Å². The summed E-state index contributed by atoms with van der Waals surface area (Å²) in [5, 5.41) is 5.75. The lowest BCUT2D eigenvalue weighted by Gasteiger charge is -2.05. The van der Waals surface area contributed by atoms with E-state index in [1.165, 1.54) is 24.2 Å². The molecule has 0 aliphatic heterocycles. The normalized spacial score (nSPS) is 13.9. The predicted molar refractivity (Wildman–Crippen MR) is 90.2 cm³/mol. The molecule has 0 aromatic carbocycles. The third kappa shape index (κ3) is 5.41. The lowest BCUT2D eigenvalue weighted by atomic mass is 10.3. The fourth-order valence-electron chi connectivity index (χ4n) is 2.17. The SMILES string of the molecule is O=C(Cc1csc(-c2cccnc2)n1)NCCCOCC1CC1. The van der Waals surface area contributed by atoms with E-state index >= 15 is 0 Å². The van der Waals surface area contributed by atoms with Crippen molar-refractivity contribution in [2.75, 3.05) is 19.8 Å². The van der Waals surface area contributed by atoms with Gasteiger partial charge in [0, 0.05) is 43.1 Å². The maximum absolute atomic E-state index is 11.9. The molecule has 1 fully saturated rings. The molecule has 122 valence electrons. The summed E-state index contributed by atoms with van der Waals surface area (Å²) in [6.45, 7) is 2.26. The van der Waals surface area contributed by atoms with E-state index in [4.69, 9.17) is 4.74 Å². The van der Waals surface area contributed by atoms with Crippen LogP contribution >= 0.6 is 11.3 Å². The van der Waals surface area contributed by atoms with E-state index in [1.807, 2.05) is 17.5 Å². The van der Waals surface area contributed by atoms with Gasteiger partial charge in [-0.1, -0.05) is 0 Å². The number of ether oxygens (including phenoxy) is 1. The molecule has 2 heterocycles. The van der Waals surface area contributed by atoms with Gasteiger partial charge in [0.05, 0.1) is 12.1 Å². The lowest BCUT2D eigenvalue weighted by molar-refractivity contribution is -0.120. The van der Waals surface area contributed by atoms with Crippen molar-refractivity contribution in [1.82, 2.24) is 15.3 Å². The first-order valence-electron chi connectivity index (χ1n) is 8.00. The molecule has 0 bridgehead atoms. The summed E-state index contributed by atoms with van der Waals surface area (Å²) in [5.74, 6) is 0.804. The van der Waals surface area contributed by atoms with Gasteiger partial charge in [0.1, 0.15) is 5.01 Å². The van der Waals surface area contributed by atoms with Crippen LogP contribution in [-0.4, -0.2) is 35.6 Å². The van der Waals surface area contributed by atoms with Gasteiger partial charge >= 0.3 is 0 Å². The first-order chi connectivity index (χ1) is 11.3. The average Bonchev–Trinajstić information content (AvgIpc) is 3.29. The number of carbonyl (C=O) groups excluding carboxylic acids is 1. The molecular formula is C17H21N3O2S. The maximum Gasteiger partial charge on any atom is 0.226 e. The number of aromatic nitrogens is 2. The van der Waals surface area contributed by atoms with Crippen LogP contribution < -0.4 is 5.32 Å². The number of hydrogen-bond acceptors (Lipinski definition) is 5. The van der Waals surface area contributed by atoms with Gasteiger partial charge in [0.15, 0.2) is 0 Å². The second-order valence-electron chi connectivity index (χ2n) is 5.78. The minimum Gasteiger partial charge on any atom is -0.381 e. The molecule has 0 saturated heterocycles. The monoisotopic (exact) mass is 331 g/mol. The van der Waals surface area contributed by atoms with E-state index < -0.39 is 0 Å². The van der Waals surface area contributed by atoms with Crippen LogP contribution in [0.5, 0.6) is 0 Å². The molecule has 1 aliphatic rings. The molecule has 5 nitrogen and oxygen atoms in total. The lowest BCUT2D eigenvalue weighted by Crippen LogP contribution is -2.27. The molecule has 0 radical (unpaired) electrons. The van der Waals surface area contributed by atoms with Crippen molar-refractivity contribution in [1.29, 1.82) is 0 Å². The molecule has 2 aromatic heterocycles. The number of hydrogen-bond donors (Lipinski definition) is 1. The first-order valence-corrected chi connectivity index (χ1v) is 8.88. The Morgan fingerprint density at radius 2 is 2.35 bits per heavy atom. The summed E-state index contributed by atoms with van der Waals surface area (Å²) < 4.78 is 5.54. The highest BCUT2D eigenvalue weighted by Crippen LogP contribution is 2.28. The first kappa shape index (κ1) is 16.1.